The first-order valence-corrected chi connectivity index (χ1v) is 7.41. The van der Waals surface area contributed by atoms with E-state index in [1.807, 2.05) is 12.1 Å². The van der Waals surface area contributed by atoms with Crippen molar-refractivity contribution >= 4 is 45.8 Å². The Labute approximate surface area is 137 Å². The van der Waals surface area contributed by atoms with Crippen molar-refractivity contribution in [2.45, 2.75) is 6.92 Å². The molecule has 3 aromatic rings. The van der Waals surface area contributed by atoms with Gasteiger partial charge < -0.3 is 9.88 Å². The van der Waals surface area contributed by atoms with Gasteiger partial charge in [0.15, 0.2) is 0 Å². The van der Waals surface area contributed by atoms with Gasteiger partial charge in [-0.05, 0) is 36.4 Å². The number of carbonyl (C=O) groups is 1. The highest BCUT2D eigenvalue weighted by atomic mass is 35.5. The van der Waals surface area contributed by atoms with Gasteiger partial charge in [0.25, 0.3) is 0 Å². The van der Waals surface area contributed by atoms with Gasteiger partial charge >= 0.3 is 0 Å². The van der Waals surface area contributed by atoms with Crippen molar-refractivity contribution < 1.29 is 4.79 Å². The lowest BCUT2D eigenvalue weighted by atomic mass is 10.1. The van der Waals surface area contributed by atoms with Crippen molar-refractivity contribution in [1.82, 2.24) is 9.97 Å². The summed E-state index contributed by atoms with van der Waals surface area (Å²) >= 11 is 12.1. The molecule has 1 N–H and O–H groups in total. The molecule has 2 aromatic carbocycles. The SMILES string of the molecule is CC(=O)N(C)c1ccc(Cl)cc1-c1nc2ccc(Cl)cc2[nH]1. The summed E-state index contributed by atoms with van der Waals surface area (Å²) in [5, 5.41) is 1.21. The zero-order valence-electron chi connectivity index (χ0n) is 12.0. The molecule has 0 aliphatic carbocycles. The molecule has 1 amide bonds. The molecule has 1 heterocycles. The van der Waals surface area contributed by atoms with E-state index in [0.29, 0.717) is 15.9 Å². The van der Waals surface area contributed by atoms with Crippen LogP contribution in [0, 0.1) is 0 Å². The van der Waals surface area contributed by atoms with Crippen molar-refractivity contribution in [3.63, 3.8) is 0 Å². The van der Waals surface area contributed by atoms with Crippen molar-refractivity contribution in [3.8, 4) is 11.4 Å². The number of aromatic nitrogens is 2. The number of benzene rings is 2. The van der Waals surface area contributed by atoms with E-state index in [0.717, 1.165) is 22.3 Å². The van der Waals surface area contributed by atoms with Gasteiger partial charge in [-0.15, -0.1) is 0 Å². The van der Waals surface area contributed by atoms with Crippen molar-refractivity contribution in [2.24, 2.45) is 0 Å². The second kappa shape index (κ2) is 5.63. The number of hydrogen-bond acceptors (Lipinski definition) is 2. The molecule has 1 aromatic heterocycles. The number of nitrogens with zero attached hydrogens (tertiary/aromatic N) is 2. The number of H-pyrrole nitrogens is 1. The van der Waals surface area contributed by atoms with Crippen molar-refractivity contribution in [3.05, 3.63) is 46.4 Å². The van der Waals surface area contributed by atoms with Gasteiger partial charge in [-0.25, -0.2) is 4.98 Å². The fourth-order valence-electron chi connectivity index (χ4n) is 2.27. The molecule has 0 aliphatic rings. The van der Waals surface area contributed by atoms with E-state index < -0.39 is 0 Å². The van der Waals surface area contributed by atoms with Crippen LogP contribution in [-0.4, -0.2) is 22.9 Å². The van der Waals surface area contributed by atoms with Gasteiger partial charge in [0, 0.05) is 29.6 Å². The second-order valence-electron chi connectivity index (χ2n) is 4.99. The first kappa shape index (κ1) is 14.9. The fourth-order valence-corrected chi connectivity index (χ4v) is 2.61. The average molecular weight is 334 g/mol. The molecule has 0 unspecified atom stereocenters. The largest absolute Gasteiger partial charge is 0.338 e. The van der Waals surface area contributed by atoms with Gasteiger partial charge in [0.1, 0.15) is 5.82 Å². The van der Waals surface area contributed by atoms with Crippen molar-refractivity contribution in [1.29, 1.82) is 0 Å². The Morgan fingerprint density at radius 3 is 2.55 bits per heavy atom. The van der Waals surface area contributed by atoms with Crippen LogP contribution in [0.1, 0.15) is 6.92 Å². The van der Waals surface area contributed by atoms with E-state index in [1.54, 1.807) is 36.2 Å². The summed E-state index contributed by atoms with van der Waals surface area (Å²) in [5.41, 5.74) is 3.13. The van der Waals surface area contributed by atoms with Crippen LogP contribution in [0.2, 0.25) is 10.0 Å². The molecule has 0 saturated carbocycles. The number of carbonyl (C=O) groups excluding carboxylic acids is 1. The highest BCUT2D eigenvalue weighted by Crippen LogP contribution is 2.33. The normalized spacial score (nSPS) is 10.9. The number of amides is 1. The Balaban J connectivity index is 2.20. The summed E-state index contributed by atoms with van der Waals surface area (Å²) < 4.78 is 0. The number of nitrogens with one attached hydrogen (secondary N) is 1. The quantitative estimate of drug-likeness (QED) is 0.749. The smallest absolute Gasteiger partial charge is 0.223 e. The number of fused-ring (bicyclic) bond motifs is 1. The molecule has 6 heteroatoms. The van der Waals surface area contributed by atoms with E-state index in [-0.39, 0.29) is 5.91 Å². The highest BCUT2D eigenvalue weighted by Gasteiger charge is 2.16. The zero-order valence-corrected chi connectivity index (χ0v) is 13.5. The van der Waals surface area contributed by atoms with Crippen LogP contribution in [0.25, 0.3) is 22.4 Å². The maximum atomic E-state index is 11.7. The molecular weight excluding hydrogens is 321 g/mol. The molecule has 22 heavy (non-hydrogen) atoms. The van der Waals surface area contributed by atoms with E-state index in [2.05, 4.69) is 9.97 Å². The van der Waals surface area contributed by atoms with Crippen LogP contribution < -0.4 is 4.90 Å². The lowest BCUT2D eigenvalue weighted by Crippen LogP contribution is -2.23. The minimum atomic E-state index is -0.0669. The Morgan fingerprint density at radius 1 is 1.14 bits per heavy atom. The third-order valence-electron chi connectivity index (χ3n) is 3.49. The Morgan fingerprint density at radius 2 is 1.82 bits per heavy atom. The highest BCUT2D eigenvalue weighted by molar-refractivity contribution is 6.31. The molecule has 3 rings (SSSR count). The topological polar surface area (TPSA) is 49.0 Å². The lowest BCUT2D eigenvalue weighted by molar-refractivity contribution is -0.116. The summed E-state index contributed by atoms with van der Waals surface area (Å²) in [4.78, 5) is 21.0. The van der Waals surface area contributed by atoms with Crippen LogP contribution >= 0.6 is 23.2 Å². The summed E-state index contributed by atoms with van der Waals surface area (Å²) in [6.07, 6.45) is 0. The minimum absolute atomic E-state index is 0.0669. The third kappa shape index (κ3) is 2.67. The van der Waals surface area contributed by atoms with Crippen LogP contribution in [0.3, 0.4) is 0 Å². The van der Waals surface area contributed by atoms with E-state index in [4.69, 9.17) is 23.2 Å². The number of imidazole rings is 1. The first-order valence-electron chi connectivity index (χ1n) is 6.65. The molecule has 0 bridgehead atoms. The monoisotopic (exact) mass is 333 g/mol. The molecule has 0 aliphatic heterocycles. The molecule has 4 nitrogen and oxygen atoms in total. The maximum Gasteiger partial charge on any atom is 0.223 e. The van der Waals surface area contributed by atoms with Gasteiger partial charge in [-0.1, -0.05) is 23.2 Å². The molecule has 0 spiro atoms. The summed E-state index contributed by atoms with van der Waals surface area (Å²) in [6.45, 7) is 1.51. The number of anilines is 1. The van der Waals surface area contributed by atoms with Gasteiger partial charge in [0.05, 0.1) is 16.7 Å². The third-order valence-corrected chi connectivity index (χ3v) is 3.96. The molecule has 0 saturated heterocycles. The van der Waals surface area contributed by atoms with Gasteiger partial charge in [-0.2, -0.15) is 0 Å². The van der Waals surface area contributed by atoms with Crippen LogP contribution in [0.15, 0.2) is 36.4 Å². The molecule has 0 atom stereocenters. The van der Waals surface area contributed by atoms with Crippen LogP contribution in [0.5, 0.6) is 0 Å². The maximum absolute atomic E-state index is 11.7. The first-order chi connectivity index (χ1) is 10.5. The Kier molecular flexibility index (Phi) is 3.81. The average Bonchev–Trinajstić information content (AvgIpc) is 2.89. The van der Waals surface area contributed by atoms with Crippen LogP contribution in [0.4, 0.5) is 5.69 Å². The van der Waals surface area contributed by atoms with Crippen LogP contribution in [-0.2, 0) is 4.79 Å². The number of halogens is 2. The molecule has 0 fully saturated rings. The summed E-state index contributed by atoms with van der Waals surface area (Å²) in [7, 11) is 1.72. The number of rotatable bonds is 2. The predicted octanol–water partition coefficient (Wildman–Crippen LogP) is 4.52. The van der Waals surface area contributed by atoms with E-state index in [1.165, 1.54) is 6.92 Å². The molecular formula is C16H13Cl2N3O. The second-order valence-corrected chi connectivity index (χ2v) is 5.86. The number of aromatic amines is 1. The number of hydrogen-bond donors (Lipinski definition) is 1. The summed E-state index contributed by atoms with van der Waals surface area (Å²) in [6, 6.07) is 10.8. The standard InChI is InChI=1S/C16H13Cl2N3O/c1-9(22)21(2)15-6-4-10(17)7-12(15)16-19-13-5-3-11(18)8-14(13)20-16/h3-8H,1-2H3,(H,19,20). The van der Waals surface area contributed by atoms with Crippen molar-refractivity contribution in [2.75, 3.05) is 11.9 Å². The summed E-state index contributed by atoms with van der Waals surface area (Å²) in [5.74, 6) is 0.575. The minimum Gasteiger partial charge on any atom is -0.338 e. The Hall–Kier alpha value is -2.04. The van der Waals surface area contributed by atoms with Gasteiger partial charge in [-0.3, -0.25) is 4.79 Å². The molecule has 112 valence electrons. The fraction of sp³-hybridized carbons (Fsp3) is 0.125. The van der Waals surface area contributed by atoms with Gasteiger partial charge in [0.2, 0.25) is 5.91 Å². The molecule has 0 radical (unpaired) electrons. The zero-order chi connectivity index (χ0) is 15.9. The van der Waals surface area contributed by atoms with E-state index >= 15 is 0 Å². The lowest BCUT2D eigenvalue weighted by Gasteiger charge is -2.18. The Bertz CT molecular complexity index is 873. The predicted molar refractivity (Wildman–Crippen MR) is 90.6 cm³/mol. The van der Waals surface area contributed by atoms with E-state index in [9.17, 15) is 4.79 Å².